The maximum atomic E-state index is 13.4. The first-order valence-electron chi connectivity index (χ1n) is 4.86. The van der Waals surface area contributed by atoms with Gasteiger partial charge in [-0.05, 0) is 36.8 Å². The van der Waals surface area contributed by atoms with Gasteiger partial charge in [0.05, 0.1) is 5.69 Å². The van der Waals surface area contributed by atoms with E-state index in [9.17, 15) is 4.39 Å². The molecule has 0 aliphatic carbocycles. The Bertz CT molecular complexity index is 321. The molecule has 0 bridgehead atoms. The van der Waals surface area contributed by atoms with E-state index in [2.05, 4.69) is 5.32 Å². The highest BCUT2D eigenvalue weighted by Crippen LogP contribution is 2.23. The molecule has 1 N–H and O–H groups in total. The van der Waals surface area contributed by atoms with Gasteiger partial charge >= 0.3 is 0 Å². The van der Waals surface area contributed by atoms with Crippen molar-refractivity contribution in [2.24, 2.45) is 0 Å². The number of anilines is 1. The molecule has 3 heteroatoms. The van der Waals surface area contributed by atoms with Crippen LogP contribution in [0.15, 0.2) is 18.2 Å². The Labute approximate surface area is 88.1 Å². The van der Waals surface area contributed by atoms with Gasteiger partial charge in [-0.3, -0.25) is 0 Å². The summed E-state index contributed by atoms with van der Waals surface area (Å²) in [6, 6.07) is 5.64. The van der Waals surface area contributed by atoms with Crippen molar-refractivity contribution in [3.63, 3.8) is 0 Å². The van der Waals surface area contributed by atoms with Gasteiger partial charge in [-0.15, -0.1) is 0 Å². The fourth-order valence-electron chi connectivity index (χ4n) is 1.62. The van der Waals surface area contributed by atoms with E-state index >= 15 is 0 Å². The summed E-state index contributed by atoms with van der Waals surface area (Å²) in [5.74, 6) is 2.13. The lowest BCUT2D eigenvalue weighted by Crippen LogP contribution is -2.18. The number of aryl methyl sites for hydroxylation is 1. The lowest BCUT2D eigenvalue weighted by Gasteiger charge is -2.13. The van der Waals surface area contributed by atoms with E-state index in [-0.39, 0.29) is 5.82 Å². The average Bonchev–Trinajstić information content (AvgIpc) is 2.64. The van der Waals surface area contributed by atoms with Crippen molar-refractivity contribution < 1.29 is 4.39 Å². The molecule has 1 aliphatic rings. The summed E-state index contributed by atoms with van der Waals surface area (Å²) in [6.45, 7) is 1.98. The van der Waals surface area contributed by atoms with E-state index in [1.165, 1.54) is 11.8 Å². The number of nitrogens with one attached hydrogen (secondary N) is 1. The fourth-order valence-corrected chi connectivity index (χ4v) is 2.77. The van der Waals surface area contributed by atoms with E-state index in [1.807, 2.05) is 24.8 Å². The lowest BCUT2D eigenvalue weighted by molar-refractivity contribution is 0.626. The van der Waals surface area contributed by atoms with Crippen molar-refractivity contribution in [3.05, 3.63) is 29.6 Å². The summed E-state index contributed by atoms with van der Waals surface area (Å²) in [7, 11) is 0. The Balaban J connectivity index is 2.10. The molecule has 0 unspecified atom stereocenters. The van der Waals surface area contributed by atoms with E-state index in [4.69, 9.17) is 0 Å². The van der Waals surface area contributed by atoms with E-state index in [0.717, 1.165) is 17.7 Å². The Morgan fingerprint density at radius 2 is 2.36 bits per heavy atom. The first-order chi connectivity index (χ1) is 6.75. The summed E-state index contributed by atoms with van der Waals surface area (Å²) in [5, 5.41) is 3.25. The molecule has 76 valence electrons. The first kappa shape index (κ1) is 9.84. The summed E-state index contributed by atoms with van der Waals surface area (Å²) in [4.78, 5) is 0. The third-order valence-electron chi connectivity index (χ3n) is 2.41. The van der Waals surface area contributed by atoms with Gasteiger partial charge in [0.25, 0.3) is 0 Å². The zero-order valence-electron chi connectivity index (χ0n) is 8.22. The van der Waals surface area contributed by atoms with E-state index in [0.29, 0.717) is 11.7 Å². The van der Waals surface area contributed by atoms with Gasteiger partial charge in [0, 0.05) is 11.8 Å². The molecule has 1 aliphatic heterocycles. The van der Waals surface area contributed by atoms with Crippen LogP contribution in [0.5, 0.6) is 0 Å². The van der Waals surface area contributed by atoms with Crippen LogP contribution in [-0.2, 0) is 0 Å². The van der Waals surface area contributed by atoms with Crippen molar-refractivity contribution in [3.8, 4) is 0 Å². The molecule has 1 atom stereocenters. The average molecular weight is 211 g/mol. The first-order valence-corrected chi connectivity index (χ1v) is 6.01. The molecule has 0 spiro atoms. The van der Waals surface area contributed by atoms with Crippen molar-refractivity contribution in [1.82, 2.24) is 0 Å². The van der Waals surface area contributed by atoms with E-state index < -0.39 is 0 Å². The lowest BCUT2D eigenvalue weighted by atomic mass is 10.2. The zero-order chi connectivity index (χ0) is 9.97. The van der Waals surface area contributed by atoms with Crippen LogP contribution in [0, 0.1) is 12.7 Å². The van der Waals surface area contributed by atoms with Crippen molar-refractivity contribution in [2.45, 2.75) is 19.4 Å². The monoisotopic (exact) mass is 211 g/mol. The molecule has 1 nitrogen and oxygen atoms in total. The Morgan fingerprint density at radius 3 is 3.07 bits per heavy atom. The van der Waals surface area contributed by atoms with Crippen LogP contribution in [0.4, 0.5) is 10.1 Å². The molecule has 1 fully saturated rings. The maximum absolute atomic E-state index is 13.4. The van der Waals surface area contributed by atoms with Crippen molar-refractivity contribution in [2.75, 3.05) is 16.8 Å². The van der Waals surface area contributed by atoms with Crippen molar-refractivity contribution >= 4 is 17.4 Å². The van der Waals surface area contributed by atoms with E-state index in [1.54, 1.807) is 6.07 Å². The standard InChI is InChI=1S/C11H14FNS/c1-8-2-3-10(12)11(6-8)13-9-4-5-14-7-9/h2-3,6,9,13H,4-5,7H2,1H3/t9-/m0/s1. The highest BCUT2D eigenvalue weighted by Gasteiger charge is 2.16. The molecule has 0 saturated carbocycles. The molecule has 1 heterocycles. The molecule has 2 rings (SSSR count). The minimum atomic E-state index is -0.146. The minimum absolute atomic E-state index is 0.146. The molecule has 0 radical (unpaired) electrons. The number of rotatable bonds is 2. The Kier molecular flexibility index (Phi) is 2.96. The van der Waals surface area contributed by atoms with Crippen LogP contribution in [0.2, 0.25) is 0 Å². The molecule has 14 heavy (non-hydrogen) atoms. The summed E-state index contributed by atoms with van der Waals surface area (Å²) in [6.07, 6.45) is 1.14. The molecule has 1 aromatic carbocycles. The highest BCUT2D eigenvalue weighted by atomic mass is 32.2. The molecular weight excluding hydrogens is 197 g/mol. The molecule has 1 saturated heterocycles. The van der Waals surface area contributed by atoms with Gasteiger partial charge in [0.2, 0.25) is 0 Å². The second-order valence-corrected chi connectivity index (χ2v) is 4.84. The SMILES string of the molecule is Cc1ccc(F)c(N[C@H]2CCSC2)c1. The zero-order valence-corrected chi connectivity index (χ0v) is 9.03. The topological polar surface area (TPSA) is 12.0 Å². The number of benzene rings is 1. The Hall–Kier alpha value is -0.700. The van der Waals surface area contributed by atoms with Gasteiger partial charge in [0.15, 0.2) is 0 Å². The molecular formula is C11H14FNS. The molecule has 0 aromatic heterocycles. The van der Waals surface area contributed by atoms with Crippen LogP contribution in [0.1, 0.15) is 12.0 Å². The smallest absolute Gasteiger partial charge is 0.146 e. The predicted octanol–water partition coefficient (Wildman–Crippen LogP) is 3.05. The highest BCUT2D eigenvalue weighted by molar-refractivity contribution is 7.99. The second-order valence-electron chi connectivity index (χ2n) is 3.69. The second kappa shape index (κ2) is 4.22. The molecule has 0 amide bonds. The van der Waals surface area contributed by atoms with Crippen LogP contribution >= 0.6 is 11.8 Å². The number of thioether (sulfide) groups is 1. The summed E-state index contributed by atoms with van der Waals surface area (Å²) >= 11 is 1.93. The third kappa shape index (κ3) is 2.21. The maximum Gasteiger partial charge on any atom is 0.146 e. The number of halogens is 1. The van der Waals surface area contributed by atoms with Crippen LogP contribution in [0.25, 0.3) is 0 Å². The fraction of sp³-hybridized carbons (Fsp3) is 0.455. The van der Waals surface area contributed by atoms with Gasteiger partial charge in [0.1, 0.15) is 5.82 Å². The quantitative estimate of drug-likeness (QED) is 0.807. The van der Waals surface area contributed by atoms with Crippen LogP contribution in [0.3, 0.4) is 0 Å². The molecule has 1 aromatic rings. The summed E-state index contributed by atoms with van der Waals surface area (Å²) < 4.78 is 13.4. The Morgan fingerprint density at radius 1 is 1.50 bits per heavy atom. The largest absolute Gasteiger partial charge is 0.379 e. The van der Waals surface area contributed by atoms with Crippen molar-refractivity contribution in [1.29, 1.82) is 0 Å². The van der Waals surface area contributed by atoms with Crippen LogP contribution < -0.4 is 5.32 Å². The van der Waals surface area contributed by atoms with Gasteiger partial charge in [-0.25, -0.2) is 4.39 Å². The van der Waals surface area contributed by atoms with Crippen LogP contribution in [-0.4, -0.2) is 17.5 Å². The van der Waals surface area contributed by atoms with Gasteiger partial charge in [-0.1, -0.05) is 6.07 Å². The number of hydrogen-bond donors (Lipinski definition) is 1. The summed E-state index contributed by atoms with van der Waals surface area (Å²) in [5.41, 5.74) is 1.75. The van der Waals surface area contributed by atoms with Gasteiger partial charge in [-0.2, -0.15) is 11.8 Å². The minimum Gasteiger partial charge on any atom is -0.379 e. The number of hydrogen-bond acceptors (Lipinski definition) is 2. The van der Waals surface area contributed by atoms with Gasteiger partial charge < -0.3 is 5.32 Å². The normalized spacial score (nSPS) is 21.1. The third-order valence-corrected chi connectivity index (χ3v) is 3.57. The predicted molar refractivity (Wildman–Crippen MR) is 60.5 cm³/mol.